The first-order valence-corrected chi connectivity index (χ1v) is 9.81. The Balaban J connectivity index is 1.78. The summed E-state index contributed by atoms with van der Waals surface area (Å²) >= 11 is 8.55. The number of carbonyl (C=O) groups excluding carboxylic acids is 1. The molecule has 0 spiro atoms. The summed E-state index contributed by atoms with van der Waals surface area (Å²) in [7, 11) is 0. The van der Waals surface area contributed by atoms with Gasteiger partial charge in [-0.1, -0.05) is 60.7 Å². The number of non-ortho nitro benzene ring substituents is 1. The molecule has 29 heavy (non-hydrogen) atoms. The maximum absolute atomic E-state index is 13.0. The number of hydrogen-bond acceptors (Lipinski definition) is 4. The second kappa shape index (κ2) is 9.40. The lowest BCUT2D eigenvalue weighted by Gasteiger charge is -2.19. The van der Waals surface area contributed by atoms with Crippen molar-refractivity contribution in [3.8, 4) is 0 Å². The first kappa shape index (κ1) is 20.6. The van der Waals surface area contributed by atoms with Gasteiger partial charge >= 0.3 is 0 Å². The molecule has 0 fully saturated rings. The lowest BCUT2D eigenvalue weighted by molar-refractivity contribution is -0.384. The summed E-state index contributed by atoms with van der Waals surface area (Å²) in [6.07, 6.45) is 0. The SMILES string of the molecule is O=C(NC(=S)Nc1ccc([N+](=O)[O-])cc1Br)C(c1ccccc1)c1ccccc1. The average Bonchev–Trinajstić information content (AvgIpc) is 2.71. The Kier molecular flexibility index (Phi) is 6.69. The second-order valence-corrected chi connectivity index (χ2v) is 7.38. The molecule has 0 radical (unpaired) electrons. The highest BCUT2D eigenvalue weighted by Crippen LogP contribution is 2.28. The zero-order valence-electron chi connectivity index (χ0n) is 15.0. The van der Waals surface area contributed by atoms with E-state index < -0.39 is 10.8 Å². The highest BCUT2D eigenvalue weighted by molar-refractivity contribution is 9.10. The molecular formula is C21H16BrN3O3S. The molecule has 1 amide bonds. The van der Waals surface area contributed by atoms with Crippen molar-refractivity contribution in [2.24, 2.45) is 0 Å². The molecule has 0 aromatic heterocycles. The van der Waals surface area contributed by atoms with Crippen LogP contribution < -0.4 is 10.6 Å². The Bertz CT molecular complexity index is 1010. The number of amides is 1. The van der Waals surface area contributed by atoms with Gasteiger partial charge in [-0.25, -0.2) is 0 Å². The number of carbonyl (C=O) groups is 1. The molecule has 0 heterocycles. The van der Waals surface area contributed by atoms with Crippen LogP contribution >= 0.6 is 28.1 Å². The van der Waals surface area contributed by atoms with Crippen LogP contribution in [0.1, 0.15) is 17.0 Å². The smallest absolute Gasteiger partial charge is 0.270 e. The van der Waals surface area contributed by atoms with E-state index in [1.165, 1.54) is 18.2 Å². The van der Waals surface area contributed by atoms with Gasteiger partial charge in [0.2, 0.25) is 5.91 Å². The maximum Gasteiger partial charge on any atom is 0.270 e. The van der Waals surface area contributed by atoms with Crippen LogP contribution in [0.5, 0.6) is 0 Å². The number of rotatable bonds is 5. The lowest BCUT2D eigenvalue weighted by atomic mass is 9.90. The van der Waals surface area contributed by atoms with Gasteiger partial charge in [0.25, 0.3) is 5.69 Å². The third-order valence-electron chi connectivity index (χ3n) is 4.18. The van der Waals surface area contributed by atoms with Gasteiger partial charge in [0.1, 0.15) is 0 Å². The quantitative estimate of drug-likeness (QED) is 0.312. The van der Waals surface area contributed by atoms with Gasteiger partial charge in [0.15, 0.2) is 5.11 Å². The monoisotopic (exact) mass is 469 g/mol. The summed E-state index contributed by atoms with van der Waals surface area (Å²) < 4.78 is 0.464. The van der Waals surface area contributed by atoms with Gasteiger partial charge in [0, 0.05) is 16.6 Å². The molecule has 0 atom stereocenters. The van der Waals surface area contributed by atoms with Crippen LogP contribution in [0.2, 0.25) is 0 Å². The van der Waals surface area contributed by atoms with E-state index in [0.29, 0.717) is 10.2 Å². The fourth-order valence-corrected chi connectivity index (χ4v) is 3.52. The molecule has 146 valence electrons. The van der Waals surface area contributed by atoms with E-state index >= 15 is 0 Å². The van der Waals surface area contributed by atoms with E-state index in [1.54, 1.807) is 0 Å². The molecule has 2 N–H and O–H groups in total. The Hall–Kier alpha value is -3.10. The Morgan fingerprint density at radius 3 is 2.00 bits per heavy atom. The molecule has 3 aromatic carbocycles. The predicted molar refractivity (Wildman–Crippen MR) is 120 cm³/mol. The fraction of sp³-hybridized carbons (Fsp3) is 0.0476. The van der Waals surface area contributed by atoms with Crippen LogP contribution in [-0.4, -0.2) is 15.9 Å². The summed E-state index contributed by atoms with van der Waals surface area (Å²) in [4.78, 5) is 23.4. The van der Waals surface area contributed by atoms with E-state index in [1.807, 2.05) is 60.7 Å². The zero-order chi connectivity index (χ0) is 20.8. The van der Waals surface area contributed by atoms with Crippen molar-refractivity contribution in [2.75, 3.05) is 5.32 Å². The molecule has 0 saturated carbocycles. The van der Waals surface area contributed by atoms with E-state index in [2.05, 4.69) is 26.6 Å². The van der Waals surface area contributed by atoms with E-state index in [-0.39, 0.29) is 16.7 Å². The number of nitro groups is 1. The van der Waals surface area contributed by atoms with Crippen LogP contribution in [0.4, 0.5) is 11.4 Å². The van der Waals surface area contributed by atoms with E-state index in [0.717, 1.165) is 11.1 Å². The van der Waals surface area contributed by atoms with Crippen molar-refractivity contribution in [1.82, 2.24) is 5.32 Å². The minimum absolute atomic E-state index is 0.0504. The number of halogens is 1. The Labute approximate surface area is 181 Å². The van der Waals surface area contributed by atoms with Crippen molar-refractivity contribution >= 4 is 50.5 Å². The van der Waals surface area contributed by atoms with E-state index in [9.17, 15) is 14.9 Å². The van der Waals surface area contributed by atoms with Crippen molar-refractivity contribution in [2.45, 2.75) is 5.92 Å². The number of nitrogens with one attached hydrogen (secondary N) is 2. The summed E-state index contributed by atoms with van der Waals surface area (Å²) in [5.74, 6) is -0.810. The van der Waals surface area contributed by atoms with Crippen LogP contribution in [0.25, 0.3) is 0 Å². The normalized spacial score (nSPS) is 10.4. The van der Waals surface area contributed by atoms with Gasteiger partial charge in [-0.2, -0.15) is 0 Å². The summed E-state index contributed by atoms with van der Waals surface area (Å²) in [6.45, 7) is 0. The molecule has 6 nitrogen and oxygen atoms in total. The number of anilines is 1. The van der Waals surface area contributed by atoms with Gasteiger partial charge in [-0.3, -0.25) is 14.9 Å². The molecule has 0 aliphatic rings. The van der Waals surface area contributed by atoms with Crippen molar-refractivity contribution in [3.05, 3.63) is 105 Å². The molecule has 0 bridgehead atoms. The largest absolute Gasteiger partial charge is 0.331 e. The lowest BCUT2D eigenvalue weighted by Crippen LogP contribution is -2.38. The van der Waals surface area contributed by atoms with Gasteiger partial charge in [-0.15, -0.1) is 0 Å². The third-order valence-corrected chi connectivity index (χ3v) is 5.04. The van der Waals surface area contributed by atoms with Gasteiger partial charge in [-0.05, 0) is 45.3 Å². The van der Waals surface area contributed by atoms with Crippen LogP contribution in [0, 0.1) is 10.1 Å². The summed E-state index contributed by atoms with van der Waals surface area (Å²) in [5.41, 5.74) is 2.15. The summed E-state index contributed by atoms with van der Waals surface area (Å²) in [5, 5.41) is 16.6. The second-order valence-electron chi connectivity index (χ2n) is 6.12. The Morgan fingerprint density at radius 2 is 1.52 bits per heavy atom. The number of benzene rings is 3. The highest BCUT2D eigenvalue weighted by atomic mass is 79.9. The molecule has 8 heteroatoms. The zero-order valence-corrected chi connectivity index (χ0v) is 17.4. The summed E-state index contributed by atoms with van der Waals surface area (Å²) in [6, 6.07) is 23.1. The minimum atomic E-state index is -0.530. The molecule has 0 aliphatic heterocycles. The van der Waals surface area contributed by atoms with Gasteiger partial charge in [0.05, 0.1) is 16.5 Å². The van der Waals surface area contributed by atoms with Gasteiger partial charge < -0.3 is 10.6 Å². The Morgan fingerprint density at radius 1 is 0.966 bits per heavy atom. The molecule has 3 rings (SSSR count). The predicted octanol–water partition coefficient (Wildman–Crippen LogP) is 5.00. The van der Waals surface area contributed by atoms with E-state index in [4.69, 9.17) is 12.2 Å². The molecule has 0 unspecified atom stereocenters. The van der Waals surface area contributed by atoms with Crippen LogP contribution in [0.15, 0.2) is 83.3 Å². The number of thiocarbonyl (C=S) groups is 1. The standard InChI is InChI=1S/C21H16BrN3O3S/c22-17-13-16(25(27)28)11-12-18(17)23-21(29)24-20(26)19(14-7-3-1-4-8-14)15-9-5-2-6-10-15/h1-13,19H,(H2,23,24,26,29). The molecular weight excluding hydrogens is 454 g/mol. The first-order valence-electron chi connectivity index (χ1n) is 8.61. The topological polar surface area (TPSA) is 84.3 Å². The maximum atomic E-state index is 13.0. The van der Waals surface area contributed by atoms with Crippen molar-refractivity contribution < 1.29 is 9.72 Å². The average molecular weight is 470 g/mol. The third kappa shape index (κ3) is 5.24. The van der Waals surface area contributed by atoms with Crippen LogP contribution in [-0.2, 0) is 4.79 Å². The fourth-order valence-electron chi connectivity index (χ4n) is 2.84. The molecule has 0 saturated heterocycles. The highest BCUT2D eigenvalue weighted by Gasteiger charge is 2.23. The minimum Gasteiger partial charge on any atom is -0.331 e. The number of nitro benzene ring substituents is 1. The number of nitrogens with zero attached hydrogens (tertiary/aromatic N) is 1. The molecule has 0 aliphatic carbocycles. The number of hydrogen-bond donors (Lipinski definition) is 2. The van der Waals surface area contributed by atoms with Crippen molar-refractivity contribution in [1.29, 1.82) is 0 Å². The molecule has 3 aromatic rings. The van der Waals surface area contributed by atoms with Crippen LogP contribution in [0.3, 0.4) is 0 Å². The van der Waals surface area contributed by atoms with Crippen molar-refractivity contribution in [3.63, 3.8) is 0 Å². The first-order chi connectivity index (χ1) is 14.0.